The van der Waals surface area contributed by atoms with Gasteiger partial charge in [0.05, 0.1) is 12.0 Å². The Morgan fingerprint density at radius 2 is 2.12 bits per heavy atom. The summed E-state index contributed by atoms with van der Waals surface area (Å²) >= 11 is 0. The van der Waals surface area contributed by atoms with Crippen LogP contribution in [-0.2, 0) is 17.9 Å². The summed E-state index contributed by atoms with van der Waals surface area (Å²) in [7, 11) is 0. The molecular weight excluding hydrogens is 216 g/mol. The number of rotatable bonds is 8. The van der Waals surface area contributed by atoms with Gasteiger partial charge in [0.25, 0.3) is 0 Å². The Morgan fingerprint density at radius 1 is 1.35 bits per heavy atom. The first-order valence-corrected chi connectivity index (χ1v) is 6.24. The molecule has 0 bridgehead atoms. The van der Waals surface area contributed by atoms with Crippen LogP contribution in [0.1, 0.15) is 32.4 Å². The quantitative estimate of drug-likeness (QED) is 0.662. The van der Waals surface area contributed by atoms with E-state index in [2.05, 4.69) is 22.5 Å². The van der Waals surface area contributed by atoms with Gasteiger partial charge < -0.3 is 15.2 Å². The number of hydrogen-bond acceptors (Lipinski definition) is 3. The average molecular weight is 238 g/mol. The van der Waals surface area contributed by atoms with Gasteiger partial charge in [0.1, 0.15) is 6.54 Å². The van der Waals surface area contributed by atoms with Crippen LogP contribution in [-0.4, -0.2) is 28.5 Å². The predicted octanol–water partition coefficient (Wildman–Crippen LogP) is 0.909. The molecule has 96 valence electrons. The van der Waals surface area contributed by atoms with Crippen molar-refractivity contribution in [3.05, 3.63) is 18.2 Å². The maximum absolute atomic E-state index is 11.5. The second-order valence-corrected chi connectivity index (χ2v) is 4.06. The topological polar surface area (TPSA) is 59.0 Å². The first-order chi connectivity index (χ1) is 8.26. The van der Waals surface area contributed by atoms with Gasteiger partial charge in [-0.05, 0) is 19.4 Å². The maximum Gasteiger partial charge on any atom is 0.239 e. The van der Waals surface area contributed by atoms with E-state index in [0.717, 1.165) is 38.2 Å². The molecule has 0 aliphatic heterocycles. The standard InChI is InChI=1S/C12H22N4O/c1-3-5-13-7-11-8-16(10-15-11)9-12(17)14-6-4-2/h8,10,13H,3-7,9H2,1-2H3,(H,14,17). The fourth-order valence-corrected chi connectivity index (χ4v) is 1.46. The van der Waals surface area contributed by atoms with E-state index in [1.54, 1.807) is 6.33 Å². The Morgan fingerprint density at radius 3 is 2.82 bits per heavy atom. The molecule has 5 nitrogen and oxygen atoms in total. The van der Waals surface area contributed by atoms with Crippen LogP contribution in [0.2, 0.25) is 0 Å². The minimum absolute atomic E-state index is 0.0392. The molecule has 17 heavy (non-hydrogen) atoms. The number of imidazole rings is 1. The monoisotopic (exact) mass is 238 g/mol. The molecule has 1 aromatic rings. The van der Waals surface area contributed by atoms with Crippen LogP contribution in [0.3, 0.4) is 0 Å². The molecule has 0 aliphatic rings. The van der Waals surface area contributed by atoms with Crippen molar-refractivity contribution in [1.29, 1.82) is 0 Å². The second-order valence-electron chi connectivity index (χ2n) is 4.06. The summed E-state index contributed by atoms with van der Waals surface area (Å²) in [5.41, 5.74) is 0.974. The molecule has 0 radical (unpaired) electrons. The summed E-state index contributed by atoms with van der Waals surface area (Å²) in [5.74, 6) is 0.0392. The van der Waals surface area contributed by atoms with Crippen LogP contribution in [0.15, 0.2) is 12.5 Å². The van der Waals surface area contributed by atoms with Gasteiger partial charge in [-0.2, -0.15) is 0 Å². The number of aromatic nitrogens is 2. The van der Waals surface area contributed by atoms with Crippen molar-refractivity contribution >= 4 is 5.91 Å². The van der Waals surface area contributed by atoms with Crippen molar-refractivity contribution in [3.63, 3.8) is 0 Å². The van der Waals surface area contributed by atoms with Gasteiger partial charge in [0, 0.05) is 19.3 Å². The van der Waals surface area contributed by atoms with Crippen LogP contribution in [0.4, 0.5) is 0 Å². The Labute approximate surface area is 103 Å². The van der Waals surface area contributed by atoms with Gasteiger partial charge in [-0.15, -0.1) is 0 Å². The molecule has 2 N–H and O–H groups in total. The average Bonchev–Trinajstić information content (AvgIpc) is 2.74. The van der Waals surface area contributed by atoms with Gasteiger partial charge in [0.2, 0.25) is 5.91 Å². The van der Waals surface area contributed by atoms with Gasteiger partial charge in [-0.25, -0.2) is 4.98 Å². The largest absolute Gasteiger partial charge is 0.355 e. The molecule has 1 amide bonds. The Bertz CT molecular complexity index is 335. The third-order valence-corrected chi connectivity index (χ3v) is 2.32. The lowest BCUT2D eigenvalue weighted by Gasteiger charge is -2.03. The number of carbonyl (C=O) groups excluding carboxylic acids is 1. The molecule has 0 atom stereocenters. The highest BCUT2D eigenvalue weighted by Crippen LogP contribution is 1.96. The van der Waals surface area contributed by atoms with E-state index >= 15 is 0 Å². The molecule has 5 heteroatoms. The molecule has 0 spiro atoms. The van der Waals surface area contributed by atoms with Crippen LogP contribution < -0.4 is 10.6 Å². The summed E-state index contributed by atoms with van der Waals surface area (Å²) in [6.45, 7) is 7.00. The minimum atomic E-state index is 0.0392. The number of hydrogen-bond donors (Lipinski definition) is 2. The number of carbonyl (C=O) groups is 1. The van der Waals surface area contributed by atoms with Crippen molar-refractivity contribution in [2.45, 2.75) is 39.8 Å². The van der Waals surface area contributed by atoms with Gasteiger partial charge >= 0.3 is 0 Å². The Balaban J connectivity index is 2.32. The van der Waals surface area contributed by atoms with E-state index in [1.165, 1.54) is 0 Å². The minimum Gasteiger partial charge on any atom is -0.355 e. The molecule has 1 heterocycles. The molecule has 0 aliphatic carbocycles. The molecular formula is C12H22N4O. The summed E-state index contributed by atoms with van der Waals surface area (Å²) < 4.78 is 1.81. The summed E-state index contributed by atoms with van der Waals surface area (Å²) in [6, 6.07) is 0. The van der Waals surface area contributed by atoms with Gasteiger partial charge in [-0.3, -0.25) is 4.79 Å². The van der Waals surface area contributed by atoms with Crippen molar-refractivity contribution in [2.24, 2.45) is 0 Å². The fourth-order valence-electron chi connectivity index (χ4n) is 1.46. The third kappa shape index (κ3) is 5.49. The highest BCUT2D eigenvalue weighted by atomic mass is 16.1. The first kappa shape index (κ1) is 13.7. The van der Waals surface area contributed by atoms with Crippen LogP contribution in [0, 0.1) is 0 Å². The second kappa shape index (κ2) is 7.84. The van der Waals surface area contributed by atoms with Gasteiger partial charge in [-0.1, -0.05) is 13.8 Å². The predicted molar refractivity (Wildman–Crippen MR) is 67.5 cm³/mol. The maximum atomic E-state index is 11.5. The van der Waals surface area contributed by atoms with E-state index in [0.29, 0.717) is 6.54 Å². The molecule has 0 saturated carbocycles. The number of nitrogens with one attached hydrogen (secondary N) is 2. The van der Waals surface area contributed by atoms with Crippen LogP contribution in [0.25, 0.3) is 0 Å². The van der Waals surface area contributed by atoms with E-state index in [-0.39, 0.29) is 5.91 Å². The fraction of sp³-hybridized carbons (Fsp3) is 0.667. The zero-order valence-corrected chi connectivity index (χ0v) is 10.7. The summed E-state index contributed by atoms with van der Waals surface area (Å²) in [5, 5.41) is 6.12. The van der Waals surface area contributed by atoms with Crippen molar-refractivity contribution < 1.29 is 4.79 Å². The highest BCUT2D eigenvalue weighted by Gasteiger charge is 2.03. The lowest BCUT2D eigenvalue weighted by Crippen LogP contribution is -2.27. The molecule has 0 aromatic carbocycles. The summed E-state index contributed by atoms with van der Waals surface area (Å²) in [6.07, 6.45) is 5.69. The highest BCUT2D eigenvalue weighted by molar-refractivity contribution is 5.75. The smallest absolute Gasteiger partial charge is 0.239 e. The molecule has 1 aromatic heterocycles. The van der Waals surface area contributed by atoms with Gasteiger partial charge in [0.15, 0.2) is 0 Å². The van der Waals surface area contributed by atoms with Crippen LogP contribution >= 0.6 is 0 Å². The van der Waals surface area contributed by atoms with Crippen LogP contribution in [0.5, 0.6) is 0 Å². The lowest BCUT2D eigenvalue weighted by molar-refractivity contribution is -0.121. The normalized spacial score (nSPS) is 10.5. The molecule has 1 rings (SSSR count). The van der Waals surface area contributed by atoms with E-state index in [1.807, 2.05) is 17.7 Å². The molecule has 0 fully saturated rings. The Kier molecular flexibility index (Phi) is 6.32. The number of amides is 1. The first-order valence-electron chi connectivity index (χ1n) is 6.24. The van der Waals surface area contributed by atoms with E-state index in [9.17, 15) is 4.79 Å². The zero-order valence-electron chi connectivity index (χ0n) is 10.7. The molecule has 0 saturated heterocycles. The summed E-state index contributed by atoms with van der Waals surface area (Å²) in [4.78, 5) is 15.7. The number of nitrogens with zero attached hydrogens (tertiary/aromatic N) is 2. The van der Waals surface area contributed by atoms with Crippen molar-refractivity contribution in [3.8, 4) is 0 Å². The third-order valence-electron chi connectivity index (χ3n) is 2.32. The molecule has 0 unspecified atom stereocenters. The van der Waals surface area contributed by atoms with E-state index in [4.69, 9.17) is 0 Å². The lowest BCUT2D eigenvalue weighted by atomic mass is 10.4. The zero-order chi connectivity index (χ0) is 12.5. The van der Waals surface area contributed by atoms with E-state index < -0.39 is 0 Å². The SMILES string of the molecule is CCCNCc1cn(CC(=O)NCCC)cn1. The van der Waals surface area contributed by atoms with Crippen molar-refractivity contribution in [1.82, 2.24) is 20.2 Å². The Hall–Kier alpha value is -1.36. The van der Waals surface area contributed by atoms with Crippen molar-refractivity contribution in [2.75, 3.05) is 13.1 Å².